The van der Waals surface area contributed by atoms with Gasteiger partial charge in [0.1, 0.15) is 5.82 Å². The molecule has 2 saturated heterocycles. The van der Waals surface area contributed by atoms with Crippen molar-refractivity contribution in [3.63, 3.8) is 0 Å². The lowest BCUT2D eigenvalue weighted by atomic mass is 9.91. The Morgan fingerprint density at radius 1 is 0.909 bits per heavy atom. The number of piperazine rings is 2. The highest BCUT2D eigenvalue weighted by atomic mass is 35.5. The third-order valence-corrected chi connectivity index (χ3v) is 7.91. The Morgan fingerprint density at radius 2 is 1.67 bits per heavy atom. The Kier molecular flexibility index (Phi) is 7.02. The van der Waals surface area contributed by atoms with E-state index in [2.05, 4.69) is 29.6 Å². The number of nitrogens with zero attached hydrogens (tertiary/aromatic N) is 6. The Labute approximate surface area is 205 Å². The summed E-state index contributed by atoms with van der Waals surface area (Å²) >= 11 is 12.1. The van der Waals surface area contributed by atoms with Crippen LogP contribution in [0.5, 0.6) is 0 Å². The predicted molar refractivity (Wildman–Crippen MR) is 132 cm³/mol. The highest BCUT2D eigenvalue weighted by Crippen LogP contribution is 2.28. The SMILES string of the molecule is O=C(CN1CCN(c2cnc(-c3ccc(Cl)c(Cl)c3)cn2)CC1)N1CCN(C2CCC2)CC1. The highest BCUT2D eigenvalue weighted by molar-refractivity contribution is 6.42. The minimum absolute atomic E-state index is 0.266. The molecule has 5 rings (SSSR count). The first kappa shape index (κ1) is 22.8. The fourth-order valence-corrected chi connectivity index (χ4v) is 5.10. The van der Waals surface area contributed by atoms with Crippen LogP contribution in [-0.4, -0.2) is 95.5 Å². The number of hydrogen-bond donors (Lipinski definition) is 0. The van der Waals surface area contributed by atoms with Crippen LogP contribution in [0.25, 0.3) is 11.3 Å². The molecule has 0 unspecified atom stereocenters. The van der Waals surface area contributed by atoms with E-state index in [-0.39, 0.29) is 5.91 Å². The van der Waals surface area contributed by atoms with Gasteiger partial charge in [-0.15, -0.1) is 0 Å². The zero-order valence-corrected chi connectivity index (χ0v) is 20.3. The predicted octanol–water partition coefficient (Wildman–Crippen LogP) is 3.27. The molecule has 1 amide bonds. The summed E-state index contributed by atoms with van der Waals surface area (Å²) < 4.78 is 0. The van der Waals surface area contributed by atoms with Gasteiger partial charge in [0.2, 0.25) is 5.91 Å². The quantitative estimate of drug-likeness (QED) is 0.643. The van der Waals surface area contributed by atoms with Gasteiger partial charge in [-0.05, 0) is 25.0 Å². The third kappa shape index (κ3) is 5.27. The number of anilines is 1. The fraction of sp³-hybridized carbons (Fsp3) is 0.542. The molecule has 2 aromatic rings. The highest BCUT2D eigenvalue weighted by Gasteiger charge is 2.30. The molecule has 1 aliphatic carbocycles. The van der Waals surface area contributed by atoms with Gasteiger partial charge in [-0.2, -0.15) is 0 Å². The lowest BCUT2D eigenvalue weighted by Crippen LogP contribution is -2.56. The van der Waals surface area contributed by atoms with Crippen LogP contribution in [-0.2, 0) is 4.79 Å². The van der Waals surface area contributed by atoms with Crippen molar-refractivity contribution in [2.24, 2.45) is 0 Å². The maximum absolute atomic E-state index is 12.8. The molecule has 0 radical (unpaired) electrons. The topological polar surface area (TPSA) is 55.8 Å². The second kappa shape index (κ2) is 10.1. The molecule has 33 heavy (non-hydrogen) atoms. The Hall–Kier alpha value is -1.93. The molecular formula is C24H30Cl2N6O. The van der Waals surface area contributed by atoms with E-state index in [4.69, 9.17) is 23.2 Å². The number of rotatable bonds is 5. The third-order valence-electron chi connectivity index (χ3n) is 7.17. The first-order valence-corrected chi connectivity index (χ1v) is 12.6. The first-order valence-electron chi connectivity index (χ1n) is 11.8. The van der Waals surface area contributed by atoms with Crippen molar-refractivity contribution in [1.29, 1.82) is 0 Å². The molecule has 1 aromatic heterocycles. The van der Waals surface area contributed by atoms with Gasteiger partial charge < -0.3 is 9.80 Å². The van der Waals surface area contributed by atoms with Gasteiger partial charge in [0.05, 0.1) is 34.7 Å². The number of halogens is 2. The van der Waals surface area contributed by atoms with E-state index < -0.39 is 0 Å². The molecule has 7 nitrogen and oxygen atoms in total. The summed E-state index contributed by atoms with van der Waals surface area (Å²) in [6.07, 6.45) is 7.61. The monoisotopic (exact) mass is 488 g/mol. The van der Waals surface area contributed by atoms with Crippen LogP contribution in [0, 0.1) is 0 Å². The van der Waals surface area contributed by atoms with Gasteiger partial charge in [-0.1, -0.05) is 35.7 Å². The number of carbonyl (C=O) groups is 1. The zero-order chi connectivity index (χ0) is 22.8. The fourth-order valence-electron chi connectivity index (χ4n) is 4.80. The van der Waals surface area contributed by atoms with Crippen molar-refractivity contribution in [2.75, 3.05) is 63.8 Å². The van der Waals surface area contributed by atoms with Crippen molar-refractivity contribution in [1.82, 2.24) is 24.7 Å². The minimum Gasteiger partial charge on any atom is -0.353 e. The number of aromatic nitrogens is 2. The molecule has 3 aliphatic rings. The zero-order valence-electron chi connectivity index (χ0n) is 18.8. The molecule has 2 aliphatic heterocycles. The van der Waals surface area contributed by atoms with Crippen molar-refractivity contribution in [2.45, 2.75) is 25.3 Å². The molecule has 1 saturated carbocycles. The summed E-state index contributed by atoms with van der Waals surface area (Å²) in [5.74, 6) is 1.12. The van der Waals surface area contributed by atoms with Gasteiger partial charge in [0.15, 0.2) is 0 Å². The maximum Gasteiger partial charge on any atom is 0.236 e. The summed E-state index contributed by atoms with van der Waals surface area (Å²) in [7, 11) is 0. The standard InChI is InChI=1S/C24H30Cl2N6O/c25-20-5-4-18(14-21(20)26)22-15-28-23(16-27-22)31-8-6-29(7-9-31)17-24(33)32-12-10-30(11-13-32)19-2-1-3-19/h4-5,14-16,19H,1-3,6-13,17H2. The number of hydrogen-bond acceptors (Lipinski definition) is 6. The number of carbonyl (C=O) groups excluding carboxylic acids is 1. The van der Waals surface area contributed by atoms with Crippen LogP contribution in [0.1, 0.15) is 19.3 Å². The number of amides is 1. The molecule has 9 heteroatoms. The van der Waals surface area contributed by atoms with Gasteiger partial charge in [0.25, 0.3) is 0 Å². The van der Waals surface area contributed by atoms with Crippen LogP contribution < -0.4 is 4.90 Å². The van der Waals surface area contributed by atoms with Crippen molar-refractivity contribution >= 4 is 34.9 Å². The largest absolute Gasteiger partial charge is 0.353 e. The Balaban J connectivity index is 1.09. The van der Waals surface area contributed by atoms with Crippen LogP contribution in [0.4, 0.5) is 5.82 Å². The van der Waals surface area contributed by atoms with Crippen LogP contribution in [0.15, 0.2) is 30.6 Å². The van der Waals surface area contributed by atoms with Gasteiger partial charge in [0, 0.05) is 64.0 Å². The van der Waals surface area contributed by atoms with Crippen LogP contribution in [0.2, 0.25) is 10.0 Å². The van der Waals surface area contributed by atoms with Gasteiger partial charge >= 0.3 is 0 Å². The molecule has 3 heterocycles. The van der Waals surface area contributed by atoms with Gasteiger partial charge in [-0.25, -0.2) is 4.98 Å². The number of benzene rings is 1. The summed E-state index contributed by atoms with van der Waals surface area (Å²) in [6.45, 7) is 7.69. The summed E-state index contributed by atoms with van der Waals surface area (Å²) in [5.41, 5.74) is 1.65. The Bertz CT molecular complexity index is 967. The summed E-state index contributed by atoms with van der Waals surface area (Å²) in [6, 6.07) is 6.23. The molecule has 0 atom stereocenters. The van der Waals surface area contributed by atoms with E-state index in [9.17, 15) is 4.79 Å². The maximum atomic E-state index is 12.8. The van der Waals surface area contributed by atoms with E-state index in [1.807, 2.05) is 6.07 Å². The first-order chi connectivity index (χ1) is 16.1. The molecule has 3 fully saturated rings. The minimum atomic E-state index is 0.266. The van der Waals surface area contributed by atoms with E-state index in [1.54, 1.807) is 24.5 Å². The molecule has 1 aromatic carbocycles. The average Bonchev–Trinajstić information content (AvgIpc) is 2.81. The molecule has 176 valence electrons. The Morgan fingerprint density at radius 3 is 2.27 bits per heavy atom. The van der Waals surface area contributed by atoms with Crippen molar-refractivity contribution in [3.8, 4) is 11.3 Å². The molecule has 0 bridgehead atoms. The molecule has 0 spiro atoms. The van der Waals surface area contributed by atoms with E-state index in [0.29, 0.717) is 16.6 Å². The van der Waals surface area contributed by atoms with Crippen molar-refractivity contribution < 1.29 is 4.79 Å². The van der Waals surface area contributed by atoms with Gasteiger partial charge in [-0.3, -0.25) is 19.6 Å². The van der Waals surface area contributed by atoms with E-state index in [0.717, 1.165) is 75.5 Å². The normalized spacial score (nSPS) is 20.7. The molecule has 0 N–H and O–H groups in total. The van der Waals surface area contributed by atoms with Crippen LogP contribution in [0.3, 0.4) is 0 Å². The van der Waals surface area contributed by atoms with Crippen molar-refractivity contribution in [3.05, 3.63) is 40.6 Å². The smallest absolute Gasteiger partial charge is 0.236 e. The van der Waals surface area contributed by atoms with E-state index in [1.165, 1.54) is 19.3 Å². The summed E-state index contributed by atoms with van der Waals surface area (Å²) in [5, 5.41) is 1.03. The van der Waals surface area contributed by atoms with Crippen LogP contribution >= 0.6 is 23.2 Å². The molecular weight excluding hydrogens is 459 g/mol. The lowest BCUT2D eigenvalue weighted by Gasteiger charge is -2.43. The average molecular weight is 489 g/mol. The lowest BCUT2D eigenvalue weighted by molar-refractivity contribution is -0.134. The second-order valence-corrected chi connectivity index (χ2v) is 9.97. The summed E-state index contributed by atoms with van der Waals surface area (Å²) in [4.78, 5) is 31.1. The second-order valence-electron chi connectivity index (χ2n) is 9.15. The van der Waals surface area contributed by atoms with E-state index >= 15 is 0 Å².